The predicted octanol–water partition coefficient (Wildman–Crippen LogP) is 4.86. The second-order valence-corrected chi connectivity index (χ2v) is 5.89. The average Bonchev–Trinajstić information content (AvgIpc) is 2.65. The molecule has 0 atom stereocenters. The molecular weight excluding hydrogens is 226 g/mol. The summed E-state index contributed by atoms with van der Waals surface area (Å²) in [7, 11) is 0. The summed E-state index contributed by atoms with van der Waals surface area (Å²) >= 11 is 1.76. The zero-order valence-electron chi connectivity index (χ0n) is 11.2. The lowest BCUT2D eigenvalue weighted by Gasteiger charge is -2.08. The van der Waals surface area contributed by atoms with Crippen molar-refractivity contribution in [2.75, 3.05) is 0 Å². The molecule has 1 heterocycles. The third kappa shape index (κ3) is 2.42. The van der Waals surface area contributed by atoms with E-state index in [2.05, 4.69) is 52.1 Å². The van der Waals surface area contributed by atoms with Crippen LogP contribution in [-0.2, 0) is 0 Å². The van der Waals surface area contributed by atoms with Crippen molar-refractivity contribution in [3.8, 4) is 11.3 Å². The highest BCUT2D eigenvalue weighted by Crippen LogP contribution is 2.31. The Morgan fingerprint density at radius 1 is 1.06 bits per heavy atom. The van der Waals surface area contributed by atoms with Crippen molar-refractivity contribution in [3.63, 3.8) is 0 Å². The van der Waals surface area contributed by atoms with Crippen molar-refractivity contribution in [3.05, 3.63) is 39.2 Å². The molecule has 0 N–H and O–H groups in total. The molecule has 2 heteroatoms. The van der Waals surface area contributed by atoms with Crippen LogP contribution in [-0.4, -0.2) is 4.98 Å². The largest absolute Gasteiger partial charge is 0.241 e. The standard InChI is InChI=1S/C15H19NS/c1-9(2)15-16-13(8-17-15)14-11(4)6-10(3)7-12(14)5/h6-9H,1-5H3. The van der Waals surface area contributed by atoms with E-state index in [1.807, 2.05) is 0 Å². The van der Waals surface area contributed by atoms with E-state index in [9.17, 15) is 0 Å². The minimum absolute atomic E-state index is 0.514. The fraction of sp³-hybridized carbons (Fsp3) is 0.400. The van der Waals surface area contributed by atoms with Gasteiger partial charge in [0.15, 0.2) is 0 Å². The van der Waals surface area contributed by atoms with Crippen LogP contribution in [0.25, 0.3) is 11.3 Å². The van der Waals surface area contributed by atoms with E-state index >= 15 is 0 Å². The number of hydrogen-bond acceptors (Lipinski definition) is 2. The van der Waals surface area contributed by atoms with Crippen LogP contribution in [0.3, 0.4) is 0 Å². The summed E-state index contributed by atoms with van der Waals surface area (Å²) < 4.78 is 0. The van der Waals surface area contributed by atoms with Gasteiger partial charge < -0.3 is 0 Å². The first kappa shape index (κ1) is 12.3. The molecule has 0 unspecified atom stereocenters. The first-order chi connectivity index (χ1) is 7.99. The lowest BCUT2D eigenvalue weighted by atomic mass is 9.98. The van der Waals surface area contributed by atoms with Gasteiger partial charge in [-0.1, -0.05) is 31.5 Å². The van der Waals surface area contributed by atoms with Crippen molar-refractivity contribution >= 4 is 11.3 Å². The van der Waals surface area contributed by atoms with Crippen molar-refractivity contribution in [2.45, 2.75) is 40.5 Å². The number of benzene rings is 1. The fourth-order valence-electron chi connectivity index (χ4n) is 2.25. The quantitative estimate of drug-likeness (QED) is 0.736. The molecule has 0 fully saturated rings. The highest BCUT2D eigenvalue weighted by atomic mass is 32.1. The van der Waals surface area contributed by atoms with Gasteiger partial charge in [0.25, 0.3) is 0 Å². The van der Waals surface area contributed by atoms with Crippen LogP contribution in [0.4, 0.5) is 0 Å². The Kier molecular flexibility index (Phi) is 3.34. The fourth-order valence-corrected chi connectivity index (χ4v) is 3.08. The van der Waals surface area contributed by atoms with Gasteiger partial charge in [0.05, 0.1) is 10.7 Å². The van der Waals surface area contributed by atoms with Crippen LogP contribution in [0.1, 0.15) is 41.5 Å². The summed E-state index contributed by atoms with van der Waals surface area (Å²) in [5.74, 6) is 0.514. The average molecular weight is 245 g/mol. The van der Waals surface area contributed by atoms with Crippen molar-refractivity contribution in [2.24, 2.45) is 0 Å². The number of nitrogens with zero attached hydrogens (tertiary/aromatic N) is 1. The Hall–Kier alpha value is -1.15. The highest BCUT2D eigenvalue weighted by molar-refractivity contribution is 7.10. The van der Waals surface area contributed by atoms with Gasteiger partial charge in [0.1, 0.15) is 0 Å². The zero-order valence-corrected chi connectivity index (χ0v) is 12.0. The number of rotatable bonds is 2. The van der Waals surface area contributed by atoms with Crippen LogP contribution >= 0.6 is 11.3 Å². The second kappa shape index (κ2) is 4.61. The highest BCUT2D eigenvalue weighted by Gasteiger charge is 2.11. The Morgan fingerprint density at radius 2 is 1.65 bits per heavy atom. The molecule has 0 radical (unpaired) electrons. The van der Waals surface area contributed by atoms with Crippen LogP contribution in [0.5, 0.6) is 0 Å². The number of aromatic nitrogens is 1. The zero-order chi connectivity index (χ0) is 12.6. The van der Waals surface area contributed by atoms with Gasteiger partial charge in [-0.15, -0.1) is 11.3 Å². The van der Waals surface area contributed by atoms with Crippen LogP contribution in [0.15, 0.2) is 17.5 Å². The molecule has 0 aliphatic carbocycles. The SMILES string of the molecule is Cc1cc(C)c(-c2csc(C(C)C)n2)c(C)c1. The van der Waals surface area contributed by atoms with E-state index in [-0.39, 0.29) is 0 Å². The third-order valence-electron chi connectivity index (χ3n) is 2.95. The Labute approximate surface area is 108 Å². The molecule has 2 rings (SSSR count). The first-order valence-electron chi connectivity index (χ1n) is 6.02. The molecule has 2 aromatic rings. The Bertz CT molecular complexity index is 515. The molecule has 1 aromatic heterocycles. The lowest BCUT2D eigenvalue weighted by Crippen LogP contribution is -1.91. The maximum atomic E-state index is 4.75. The molecule has 0 aliphatic heterocycles. The number of thiazole rings is 1. The summed E-state index contributed by atoms with van der Waals surface area (Å²) in [6.07, 6.45) is 0. The van der Waals surface area contributed by atoms with Gasteiger partial charge in [-0.25, -0.2) is 4.98 Å². The van der Waals surface area contributed by atoms with E-state index in [0.717, 1.165) is 5.69 Å². The smallest absolute Gasteiger partial charge is 0.0958 e. The molecular formula is C15H19NS. The topological polar surface area (TPSA) is 12.9 Å². The van der Waals surface area contributed by atoms with Gasteiger partial charge >= 0.3 is 0 Å². The second-order valence-electron chi connectivity index (χ2n) is 5.00. The molecule has 90 valence electrons. The normalized spacial score (nSPS) is 11.2. The molecule has 17 heavy (non-hydrogen) atoms. The van der Waals surface area contributed by atoms with Crippen LogP contribution in [0, 0.1) is 20.8 Å². The summed E-state index contributed by atoms with van der Waals surface area (Å²) in [6, 6.07) is 4.47. The Balaban J connectivity index is 2.52. The number of aryl methyl sites for hydroxylation is 3. The molecule has 0 bridgehead atoms. The van der Waals surface area contributed by atoms with Gasteiger partial charge in [0, 0.05) is 16.9 Å². The maximum absolute atomic E-state index is 4.75. The van der Waals surface area contributed by atoms with E-state index in [1.54, 1.807) is 11.3 Å². The molecule has 1 aromatic carbocycles. The summed E-state index contributed by atoms with van der Waals surface area (Å²) in [5, 5.41) is 3.40. The minimum Gasteiger partial charge on any atom is -0.241 e. The number of hydrogen-bond donors (Lipinski definition) is 0. The van der Waals surface area contributed by atoms with Gasteiger partial charge in [-0.3, -0.25) is 0 Å². The predicted molar refractivity (Wildman–Crippen MR) is 75.9 cm³/mol. The van der Waals surface area contributed by atoms with Crippen LogP contribution in [0.2, 0.25) is 0 Å². The van der Waals surface area contributed by atoms with Crippen LogP contribution < -0.4 is 0 Å². The molecule has 1 nitrogen and oxygen atoms in total. The third-order valence-corrected chi connectivity index (χ3v) is 4.09. The van der Waals surface area contributed by atoms with E-state index in [4.69, 9.17) is 4.98 Å². The van der Waals surface area contributed by atoms with E-state index < -0.39 is 0 Å². The van der Waals surface area contributed by atoms with Gasteiger partial charge in [-0.05, 0) is 31.9 Å². The molecule has 0 aliphatic rings. The van der Waals surface area contributed by atoms with E-state index in [0.29, 0.717) is 5.92 Å². The molecule has 0 saturated carbocycles. The minimum atomic E-state index is 0.514. The maximum Gasteiger partial charge on any atom is 0.0958 e. The van der Waals surface area contributed by atoms with Crippen molar-refractivity contribution in [1.82, 2.24) is 4.98 Å². The van der Waals surface area contributed by atoms with Gasteiger partial charge in [0.2, 0.25) is 0 Å². The first-order valence-corrected chi connectivity index (χ1v) is 6.90. The summed E-state index contributed by atoms with van der Waals surface area (Å²) in [5.41, 5.74) is 6.40. The molecule has 0 spiro atoms. The van der Waals surface area contributed by atoms with E-state index in [1.165, 1.54) is 27.3 Å². The van der Waals surface area contributed by atoms with Crippen molar-refractivity contribution < 1.29 is 0 Å². The summed E-state index contributed by atoms with van der Waals surface area (Å²) in [6.45, 7) is 10.9. The van der Waals surface area contributed by atoms with Crippen molar-refractivity contribution in [1.29, 1.82) is 0 Å². The van der Waals surface area contributed by atoms with Gasteiger partial charge in [-0.2, -0.15) is 0 Å². The molecule has 0 amide bonds. The monoisotopic (exact) mass is 245 g/mol. The molecule has 0 saturated heterocycles. The lowest BCUT2D eigenvalue weighted by molar-refractivity contribution is 0.853. The Morgan fingerprint density at radius 3 is 2.12 bits per heavy atom. The summed E-state index contributed by atoms with van der Waals surface area (Å²) in [4.78, 5) is 4.75.